The first-order valence-corrected chi connectivity index (χ1v) is 5.56. The van der Waals surface area contributed by atoms with Crippen molar-refractivity contribution in [2.45, 2.75) is 25.9 Å². The van der Waals surface area contributed by atoms with Crippen molar-refractivity contribution in [1.82, 2.24) is 14.7 Å². The fraction of sp³-hybridized carbons (Fsp3) is 0.308. The summed E-state index contributed by atoms with van der Waals surface area (Å²) in [5.41, 5.74) is 2.07. The van der Waals surface area contributed by atoms with Gasteiger partial charge in [0, 0.05) is 25.0 Å². The van der Waals surface area contributed by atoms with Crippen LogP contribution in [0.15, 0.2) is 43.2 Å². The molecule has 3 nitrogen and oxygen atoms in total. The summed E-state index contributed by atoms with van der Waals surface area (Å²) in [6.45, 7) is 6.68. The van der Waals surface area contributed by atoms with Crippen molar-refractivity contribution in [3.63, 3.8) is 0 Å². The smallest absolute Gasteiger partial charge is 0.137 e. The Labute approximate surface area is 95.8 Å². The highest BCUT2D eigenvalue weighted by molar-refractivity contribution is 5.39. The molecule has 0 aliphatic heterocycles. The molecule has 1 N–H and O–H groups in total. The van der Waals surface area contributed by atoms with E-state index in [0.717, 1.165) is 24.3 Å². The lowest BCUT2D eigenvalue weighted by Crippen LogP contribution is -2.24. The van der Waals surface area contributed by atoms with Crippen molar-refractivity contribution in [2.24, 2.45) is 0 Å². The molecule has 3 heteroatoms. The van der Waals surface area contributed by atoms with Crippen molar-refractivity contribution in [3.05, 3.63) is 48.9 Å². The van der Waals surface area contributed by atoms with Crippen LogP contribution in [0, 0.1) is 0 Å². The summed E-state index contributed by atoms with van der Waals surface area (Å²) in [6, 6.07) is 6.46. The predicted octanol–water partition coefficient (Wildman–Crippen LogP) is 2.39. The molecule has 2 aromatic heterocycles. The first kappa shape index (κ1) is 10.9. The minimum atomic E-state index is 0.447. The molecule has 0 saturated carbocycles. The summed E-state index contributed by atoms with van der Waals surface area (Å²) in [5.74, 6) is 0. The van der Waals surface area contributed by atoms with Crippen LogP contribution in [0.5, 0.6) is 0 Å². The van der Waals surface area contributed by atoms with Crippen LogP contribution in [0.3, 0.4) is 0 Å². The number of hydrogen-bond acceptors (Lipinski definition) is 2. The molecule has 0 bridgehead atoms. The highest BCUT2D eigenvalue weighted by Crippen LogP contribution is 2.04. The van der Waals surface area contributed by atoms with Crippen LogP contribution in [0.1, 0.15) is 19.0 Å². The Balaban J connectivity index is 2.01. The largest absolute Gasteiger partial charge is 0.308 e. The van der Waals surface area contributed by atoms with Crippen molar-refractivity contribution in [2.75, 3.05) is 0 Å². The topological polar surface area (TPSA) is 29.3 Å². The third-order valence-electron chi connectivity index (χ3n) is 2.57. The van der Waals surface area contributed by atoms with Gasteiger partial charge in [0.25, 0.3) is 0 Å². The van der Waals surface area contributed by atoms with E-state index in [-0.39, 0.29) is 0 Å². The van der Waals surface area contributed by atoms with Gasteiger partial charge in [0.2, 0.25) is 0 Å². The minimum absolute atomic E-state index is 0.447. The molecule has 0 aromatic carbocycles. The number of imidazole rings is 1. The Morgan fingerprint density at radius 3 is 3.19 bits per heavy atom. The molecule has 0 spiro atoms. The maximum Gasteiger partial charge on any atom is 0.137 e. The summed E-state index contributed by atoms with van der Waals surface area (Å²) in [6.07, 6.45) is 6.98. The van der Waals surface area contributed by atoms with E-state index < -0.39 is 0 Å². The lowest BCUT2D eigenvalue weighted by atomic mass is 10.2. The van der Waals surface area contributed by atoms with E-state index in [4.69, 9.17) is 0 Å². The van der Waals surface area contributed by atoms with Gasteiger partial charge in [-0.1, -0.05) is 12.1 Å². The summed E-state index contributed by atoms with van der Waals surface area (Å²) in [4.78, 5) is 4.52. The Kier molecular flexibility index (Phi) is 3.37. The second-order valence-corrected chi connectivity index (χ2v) is 4.00. The van der Waals surface area contributed by atoms with E-state index in [2.05, 4.69) is 30.0 Å². The van der Waals surface area contributed by atoms with Gasteiger partial charge < -0.3 is 9.72 Å². The Morgan fingerprint density at radius 1 is 1.56 bits per heavy atom. The van der Waals surface area contributed by atoms with Gasteiger partial charge in [0.15, 0.2) is 0 Å². The van der Waals surface area contributed by atoms with Crippen LogP contribution in [-0.4, -0.2) is 15.4 Å². The van der Waals surface area contributed by atoms with Crippen LogP contribution >= 0.6 is 0 Å². The molecular weight excluding hydrogens is 198 g/mol. The Bertz CT molecular complexity index is 440. The molecule has 1 atom stereocenters. The second kappa shape index (κ2) is 4.94. The average molecular weight is 215 g/mol. The number of rotatable bonds is 5. The Morgan fingerprint density at radius 2 is 2.44 bits per heavy atom. The van der Waals surface area contributed by atoms with Gasteiger partial charge in [-0.2, -0.15) is 0 Å². The minimum Gasteiger partial charge on any atom is -0.308 e. The van der Waals surface area contributed by atoms with Crippen molar-refractivity contribution < 1.29 is 0 Å². The zero-order valence-corrected chi connectivity index (χ0v) is 9.56. The van der Waals surface area contributed by atoms with Crippen LogP contribution in [-0.2, 0) is 6.54 Å². The zero-order valence-electron chi connectivity index (χ0n) is 9.56. The molecule has 0 fully saturated rings. The molecule has 0 radical (unpaired) electrons. The zero-order chi connectivity index (χ0) is 11.4. The highest BCUT2D eigenvalue weighted by Gasteiger charge is 2.02. The fourth-order valence-electron chi connectivity index (χ4n) is 1.68. The molecule has 0 aliphatic carbocycles. The number of aromatic nitrogens is 2. The molecule has 2 heterocycles. The fourth-order valence-corrected chi connectivity index (χ4v) is 1.68. The number of nitrogens with zero attached hydrogens (tertiary/aromatic N) is 2. The standard InChI is InChI=1S/C13H17N3/c1-3-6-11(2)14-9-12-10-16-8-5-4-7-13(16)15-12/h3-5,7-8,10-11,14H,1,6,9H2,2H3. The van der Waals surface area contributed by atoms with Gasteiger partial charge in [-0.3, -0.25) is 0 Å². The summed E-state index contributed by atoms with van der Waals surface area (Å²) < 4.78 is 2.04. The van der Waals surface area contributed by atoms with E-state index in [9.17, 15) is 0 Å². The lowest BCUT2D eigenvalue weighted by molar-refractivity contribution is 0.549. The Hall–Kier alpha value is -1.61. The third kappa shape index (κ3) is 2.49. The number of nitrogens with one attached hydrogen (secondary N) is 1. The van der Waals surface area contributed by atoms with E-state index >= 15 is 0 Å². The van der Waals surface area contributed by atoms with Crippen molar-refractivity contribution in [3.8, 4) is 0 Å². The summed E-state index contributed by atoms with van der Waals surface area (Å²) in [7, 11) is 0. The predicted molar refractivity (Wildman–Crippen MR) is 66.3 cm³/mol. The van der Waals surface area contributed by atoms with Crippen LogP contribution in [0.2, 0.25) is 0 Å². The van der Waals surface area contributed by atoms with Gasteiger partial charge in [-0.15, -0.1) is 6.58 Å². The number of hydrogen-bond donors (Lipinski definition) is 1. The molecule has 2 aromatic rings. The van der Waals surface area contributed by atoms with Crippen molar-refractivity contribution >= 4 is 5.65 Å². The molecule has 0 aliphatic rings. The van der Waals surface area contributed by atoms with Gasteiger partial charge in [0.05, 0.1) is 5.69 Å². The highest BCUT2D eigenvalue weighted by atomic mass is 15.0. The second-order valence-electron chi connectivity index (χ2n) is 4.00. The average Bonchev–Trinajstić information content (AvgIpc) is 2.69. The third-order valence-corrected chi connectivity index (χ3v) is 2.57. The quantitative estimate of drug-likeness (QED) is 0.776. The van der Waals surface area contributed by atoms with E-state index in [1.807, 2.05) is 34.9 Å². The molecule has 0 amide bonds. The molecule has 2 rings (SSSR count). The SMILES string of the molecule is C=CCC(C)NCc1cn2ccccc2n1. The molecule has 16 heavy (non-hydrogen) atoms. The monoisotopic (exact) mass is 215 g/mol. The lowest BCUT2D eigenvalue weighted by Gasteiger charge is -2.09. The van der Waals surface area contributed by atoms with E-state index in [1.54, 1.807) is 0 Å². The van der Waals surface area contributed by atoms with Crippen molar-refractivity contribution in [1.29, 1.82) is 0 Å². The maximum atomic E-state index is 4.52. The molecule has 84 valence electrons. The number of pyridine rings is 1. The first-order valence-electron chi connectivity index (χ1n) is 5.56. The van der Waals surface area contributed by atoms with Gasteiger partial charge in [-0.05, 0) is 25.5 Å². The van der Waals surface area contributed by atoms with Crippen LogP contribution in [0.25, 0.3) is 5.65 Å². The molecule has 0 saturated heterocycles. The maximum absolute atomic E-state index is 4.52. The van der Waals surface area contributed by atoms with Gasteiger partial charge >= 0.3 is 0 Å². The molecular formula is C13H17N3. The van der Waals surface area contributed by atoms with E-state index in [1.165, 1.54) is 0 Å². The first-order chi connectivity index (χ1) is 7.79. The van der Waals surface area contributed by atoms with Gasteiger partial charge in [0.1, 0.15) is 5.65 Å². The summed E-state index contributed by atoms with van der Waals surface area (Å²) in [5, 5.41) is 3.41. The van der Waals surface area contributed by atoms with E-state index in [0.29, 0.717) is 6.04 Å². The number of fused-ring (bicyclic) bond motifs is 1. The normalized spacial score (nSPS) is 12.8. The summed E-state index contributed by atoms with van der Waals surface area (Å²) >= 11 is 0. The van der Waals surface area contributed by atoms with Gasteiger partial charge in [-0.25, -0.2) is 4.98 Å². The van der Waals surface area contributed by atoms with Crippen LogP contribution in [0.4, 0.5) is 0 Å². The van der Waals surface area contributed by atoms with Crippen LogP contribution < -0.4 is 5.32 Å². The molecule has 1 unspecified atom stereocenters.